The molecular formula is C19H26N2. The van der Waals surface area contributed by atoms with Crippen molar-refractivity contribution in [2.24, 2.45) is 0 Å². The second kappa shape index (κ2) is 6.66. The highest BCUT2D eigenvalue weighted by Crippen LogP contribution is 2.22. The average Bonchev–Trinajstić information content (AvgIpc) is 2.42. The monoisotopic (exact) mass is 282 g/mol. The number of rotatable bonds is 5. The number of aryl methyl sites for hydroxylation is 4. The van der Waals surface area contributed by atoms with Gasteiger partial charge in [0.2, 0.25) is 0 Å². The lowest BCUT2D eigenvalue weighted by atomic mass is 10.1. The fourth-order valence-electron chi connectivity index (χ4n) is 2.69. The number of anilines is 2. The van der Waals surface area contributed by atoms with Gasteiger partial charge in [0.1, 0.15) is 0 Å². The van der Waals surface area contributed by atoms with Gasteiger partial charge in [0.25, 0.3) is 0 Å². The summed E-state index contributed by atoms with van der Waals surface area (Å²) in [5, 5.41) is 7.20. The molecule has 0 amide bonds. The van der Waals surface area contributed by atoms with E-state index in [0.29, 0.717) is 6.04 Å². The summed E-state index contributed by atoms with van der Waals surface area (Å²) in [6.07, 6.45) is 0. The van der Waals surface area contributed by atoms with Crippen molar-refractivity contribution >= 4 is 11.4 Å². The molecule has 2 aromatic rings. The van der Waals surface area contributed by atoms with Crippen molar-refractivity contribution in [3.8, 4) is 0 Å². The molecule has 0 aliphatic rings. The van der Waals surface area contributed by atoms with E-state index in [0.717, 1.165) is 6.54 Å². The van der Waals surface area contributed by atoms with E-state index in [1.54, 1.807) is 0 Å². The molecule has 2 N–H and O–H groups in total. The average molecular weight is 282 g/mol. The lowest BCUT2D eigenvalue weighted by Crippen LogP contribution is -2.26. The molecule has 21 heavy (non-hydrogen) atoms. The van der Waals surface area contributed by atoms with Crippen LogP contribution in [0.1, 0.15) is 29.2 Å². The van der Waals surface area contributed by atoms with E-state index in [1.165, 1.54) is 33.6 Å². The second-order valence-electron chi connectivity index (χ2n) is 5.96. The molecule has 2 heteroatoms. The van der Waals surface area contributed by atoms with Crippen molar-refractivity contribution < 1.29 is 0 Å². The van der Waals surface area contributed by atoms with Crippen molar-refractivity contribution in [2.75, 3.05) is 17.2 Å². The third-order valence-corrected chi connectivity index (χ3v) is 3.94. The van der Waals surface area contributed by atoms with Crippen LogP contribution >= 0.6 is 0 Å². The van der Waals surface area contributed by atoms with Crippen LogP contribution in [0.4, 0.5) is 11.4 Å². The van der Waals surface area contributed by atoms with Crippen LogP contribution in [0.15, 0.2) is 36.4 Å². The highest BCUT2D eigenvalue weighted by atomic mass is 15.0. The molecule has 2 nitrogen and oxygen atoms in total. The maximum absolute atomic E-state index is 3.63. The molecule has 1 unspecified atom stereocenters. The Bertz CT molecular complexity index is 576. The summed E-state index contributed by atoms with van der Waals surface area (Å²) in [7, 11) is 0. The van der Waals surface area contributed by atoms with Gasteiger partial charge in [-0.2, -0.15) is 0 Å². The van der Waals surface area contributed by atoms with Gasteiger partial charge in [0, 0.05) is 24.0 Å². The molecule has 0 aliphatic carbocycles. The molecule has 0 fully saturated rings. The molecule has 0 bridgehead atoms. The van der Waals surface area contributed by atoms with Crippen LogP contribution in [0.2, 0.25) is 0 Å². The molecule has 0 heterocycles. The fraction of sp³-hybridized carbons (Fsp3) is 0.368. The van der Waals surface area contributed by atoms with Gasteiger partial charge < -0.3 is 10.6 Å². The molecule has 0 aromatic heterocycles. The Kier molecular flexibility index (Phi) is 4.89. The van der Waals surface area contributed by atoms with Crippen LogP contribution in [-0.4, -0.2) is 12.6 Å². The minimum atomic E-state index is 0.365. The standard InChI is InChI=1S/C19H26N2/c1-13-8-6-9-14(2)18(13)20-12-17(5)21-19-15(3)10-7-11-16(19)4/h6-11,17,20-21H,12H2,1-5H3. The van der Waals surface area contributed by atoms with Gasteiger partial charge in [0.05, 0.1) is 0 Å². The first-order valence-corrected chi connectivity index (χ1v) is 7.62. The maximum Gasteiger partial charge on any atom is 0.0406 e. The van der Waals surface area contributed by atoms with Crippen LogP contribution in [0.5, 0.6) is 0 Å². The van der Waals surface area contributed by atoms with Gasteiger partial charge in [-0.1, -0.05) is 36.4 Å². The van der Waals surface area contributed by atoms with Gasteiger partial charge in [-0.15, -0.1) is 0 Å². The predicted octanol–water partition coefficient (Wildman–Crippen LogP) is 4.83. The van der Waals surface area contributed by atoms with Crippen molar-refractivity contribution in [2.45, 2.75) is 40.7 Å². The minimum Gasteiger partial charge on any atom is -0.383 e. The van der Waals surface area contributed by atoms with Gasteiger partial charge in [-0.25, -0.2) is 0 Å². The van der Waals surface area contributed by atoms with Gasteiger partial charge >= 0.3 is 0 Å². The minimum absolute atomic E-state index is 0.365. The SMILES string of the molecule is Cc1cccc(C)c1NCC(C)Nc1c(C)cccc1C. The van der Waals surface area contributed by atoms with E-state index in [2.05, 4.69) is 81.7 Å². The maximum atomic E-state index is 3.63. The second-order valence-corrected chi connectivity index (χ2v) is 5.96. The van der Waals surface area contributed by atoms with Crippen LogP contribution in [0, 0.1) is 27.7 Å². The lowest BCUT2D eigenvalue weighted by molar-refractivity contribution is 0.831. The zero-order valence-electron chi connectivity index (χ0n) is 13.7. The number of nitrogens with one attached hydrogen (secondary N) is 2. The smallest absolute Gasteiger partial charge is 0.0406 e. The number of hydrogen-bond donors (Lipinski definition) is 2. The summed E-state index contributed by atoms with van der Waals surface area (Å²) in [5.41, 5.74) is 7.72. The van der Waals surface area contributed by atoms with Crippen molar-refractivity contribution in [3.05, 3.63) is 58.7 Å². The Morgan fingerprint density at radius 1 is 0.762 bits per heavy atom. The molecule has 0 spiro atoms. The fourth-order valence-corrected chi connectivity index (χ4v) is 2.69. The van der Waals surface area contributed by atoms with E-state index in [-0.39, 0.29) is 0 Å². The Morgan fingerprint density at radius 2 is 1.19 bits per heavy atom. The van der Waals surface area contributed by atoms with Gasteiger partial charge in [0.15, 0.2) is 0 Å². The highest BCUT2D eigenvalue weighted by Gasteiger charge is 2.08. The summed E-state index contributed by atoms with van der Waals surface area (Å²) in [6.45, 7) is 11.7. The van der Waals surface area contributed by atoms with Crippen molar-refractivity contribution in [3.63, 3.8) is 0 Å². The first-order chi connectivity index (χ1) is 9.99. The topological polar surface area (TPSA) is 24.1 Å². The number of benzene rings is 2. The molecule has 1 atom stereocenters. The zero-order valence-corrected chi connectivity index (χ0v) is 13.7. The zero-order chi connectivity index (χ0) is 15.4. The molecule has 0 radical (unpaired) electrons. The molecule has 2 rings (SSSR count). The third-order valence-electron chi connectivity index (χ3n) is 3.94. The summed E-state index contributed by atoms with van der Waals surface area (Å²) < 4.78 is 0. The van der Waals surface area contributed by atoms with Crippen LogP contribution < -0.4 is 10.6 Å². The van der Waals surface area contributed by atoms with Crippen LogP contribution in [0.25, 0.3) is 0 Å². The van der Waals surface area contributed by atoms with Gasteiger partial charge in [-0.3, -0.25) is 0 Å². The molecule has 112 valence electrons. The van der Waals surface area contributed by atoms with Crippen LogP contribution in [-0.2, 0) is 0 Å². The summed E-state index contributed by atoms with van der Waals surface area (Å²) in [6, 6.07) is 13.2. The largest absolute Gasteiger partial charge is 0.383 e. The molecule has 0 aliphatic heterocycles. The quantitative estimate of drug-likeness (QED) is 0.820. The Morgan fingerprint density at radius 3 is 1.67 bits per heavy atom. The van der Waals surface area contributed by atoms with E-state index < -0.39 is 0 Å². The summed E-state index contributed by atoms with van der Waals surface area (Å²) in [5.74, 6) is 0. The molecule has 0 saturated carbocycles. The predicted molar refractivity (Wildman–Crippen MR) is 93.4 cm³/mol. The Balaban J connectivity index is 2.01. The van der Waals surface area contributed by atoms with E-state index >= 15 is 0 Å². The van der Waals surface area contributed by atoms with E-state index in [9.17, 15) is 0 Å². The Labute approximate surface area is 128 Å². The first-order valence-electron chi connectivity index (χ1n) is 7.62. The van der Waals surface area contributed by atoms with Crippen molar-refractivity contribution in [1.82, 2.24) is 0 Å². The molecule has 0 saturated heterocycles. The summed E-state index contributed by atoms with van der Waals surface area (Å²) in [4.78, 5) is 0. The lowest BCUT2D eigenvalue weighted by Gasteiger charge is -2.21. The number of hydrogen-bond acceptors (Lipinski definition) is 2. The van der Waals surface area contributed by atoms with Gasteiger partial charge in [-0.05, 0) is 56.9 Å². The van der Waals surface area contributed by atoms with E-state index in [4.69, 9.17) is 0 Å². The molecule has 2 aromatic carbocycles. The normalized spacial score (nSPS) is 12.0. The Hall–Kier alpha value is -1.96. The summed E-state index contributed by atoms with van der Waals surface area (Å²) >= 11 is 0. The number of para-hydroxylation sites is 2. The highest BCUT2D eigenvalue weighted by molar-refractivity contribution is 5.59. The molecular weight excluding hydrogens is 256 g/mol. The van der Waals surface area contributed by atoms with Crippen LogP contribution in [0.3, 0.4) is 0 Å². The first kappa shape index (κ1) is 15.4. The van der Waals surface area contributed by atoms with Crippen molar-refractivity contribution in [1.29, 1.82) is 0 Å². The van der Waals surface area contributed by atoms with E-state index in [1.807, 2.05) is 0 Å². The third kappa shape index (κ3) is 3.78.